The third-order valence-corrected chi connectivity index (χ3v) is 4.27. The molecule has 0 aromatic heterocycles. The van der Waals surface area contributed by atoms with E-state index in [2.05, 4.69) is 11.8 Å². The number of nitrogens with two attached hydrogens (primary N) is 1. The average Bonchev–Trinajstić information content (AvgIpc) is 2.33. The Bertz CT molecular complexity index is 204. The summed E-state index contributed by atoms with van der Waals surface area (Å²) in [5, 5.41) is 0. The fraction of sp³-hybridized carbons (Fsp3) is 1.00. The van der Waals surface area contributed by atoms with Crippen LogP contribution < -0.4 is 5.73 Å². The molecule has 2 heterocycles. The van der Waals surface area contributed by atoms with E-state index < -0.39 is 0 Å². The molecule has 3 nitrogen and oxygen atoms in total. The van der Waals surface area contributed by atoms with Crippen LogP contribution in [0.3, 0.4) is 0 Å². The second-order valence-corrected chi connectivity index (χ2v) is 5.60. The Morgan fingerprint density at radius 3 is 2.94 bits per heavy atom. The summed E-state index contributed by atoms with van der Waals surface area (Å²) >= 11 is 0. The third-order valence-electron chi connectivity index (χ3n) is 4.27. The molecule has 2 N–H and O–H groups in total. The quantitative estimate of drug-likeness (QED) is 0.789. The zero-order chi connectivity index (χ0) is 11.4. The number of hydrogen-bond donors (Lipinski definition) is 1. The van der Waals surface area contributed by atoms with Gasteiger partial charge in [0.2, 0.25) is 0 Å². The van der Waals surface area contributed by atoms with Gasteiger partial charge in [-0.25, -0.2) is 0 Å². The van der Waals surface area contributed by atoms with Crippen molar-refractivity contribution in [1.82, 2.24) is 4.90 Å². The van der Waals surface area contributed by atoms with Gasteiger partial charge >= 0.3 is 0 Å². The van der Waals surface area contributed by atoms with Gasteiger partial charge in [0, 0.05) is 19.7 Å². The average molecular weight is 226 g/mol. The van der Waals surface area contributed by atoms with E-state index >= 15 is 0 Å². The number of hydrogen-bond acceptors (Lipinski definition) is 3. The molecule has 2 rings (SSSR count). The first-order chi connectivity index (χ1) is 7.79. The van der Waals surface area contributed by atoms with Gasteiger partial charge < -0.3 is 15.4 Å². The summed E-state index contributed by atoms with van der Waals surface area (Å²) in [4.78, 5) is 2.61. The van der Waals surface area contributed by atoms with Crippen molar-refractivity contribution in [1.29, 1.82) is 0 Å². The van der Waals surface area contributed by atoms with Gasteiger partial charge in [0.05, 0.1) is 6.61 Å². The van der Waals surface area contributed by atoms with Gasteiger partial charge in [-0.05, 0) is 50.1 Å². The molecule has 0 bridgehead atoms. The number of nitrogens with zero attached hydrogens (tertiary/aromatic N) is 1. The summed E-state index contributed by atoms with van der Waals surface area (Å²) in [7, 11) is 0. The maximum atomic E-state index is 5.84. The smallest absolute Gasteiger partial charge is 0.0506 e. The van der Waals surface area contributed by atoms with Crippen LogP contribution in [-0.4, -0.2) is 44.3 Å². The van der Waals surface area contributed by atoms with E-state index in [4.69, 9.17) is 10.5 Å². The second-order valence-electron chi connectivity index (χ2n) is 5.60. The molecule has 2 saturated heterocycles. The van der Waals surface area contributed by atoms with Crippen LogP contribution >= 0.6 is 0 Å². The Morgan fingerprint density at radius 1 is 1.38 bits per heavy atom. The van der Waals surface area contributed by atoms with Crippen LogP contribution in [0.1, 0.15) is 26.2 Å². The van der Waals surface area contributed by atoms with Gasteiger partial charge in [-0.3, -0.25) is 0 Å². The monoisotopic (exact) mass is 226 g/mol. The summed E-state index contributed by atoms with van der Waals surface area (Å²) in [6, 6.07) is 0. The van der Waals surface area contributed by atoms with E-state index in [9.17, 15) is 0 Å². The van der Waals surface area contributed by atoms with Crippen LogP contribution in [0.5, 0.6) is 0 Å². The maximum absolute atomic E-state index is 5.84. The lowest BCUT2D eigenvalue weighted by Crippen LogP contribution is -2.45. The van der Waals surface area contributed by atoms with Gasteiger partial charge in [0.15, 0.2) is 0 Å². The van der Waals surface area contributed by atoms with E-state index in [1.165, 1.54) is 38.9 Å². The van der Waals surface area contributed by atoms with Crippen LogP contribution in [0.4, 0.5) is 0 Å². The molecular weight excluding hydrogens is 200 g/mol. The first-order valence-electron chi connectivity index (χ1n) is 6.79. The fourth-order valence-corrected chi connectivity index (χ4v) is 3.01. The van der Waals surface area contributed by atoms with Gasteiger partial charge in [-0.2, -0.15) is 0 Å². The highest BCUT2D eigenvalue weighted by Gasteiger charge is 2.27. The largest absolute Gasteiger partial charge is 0.381 e. The lowest BCUT2D eigenvalue weighted by Gasteiger charge is -2.38. The van der Waals surface area contributed by atoms with Crippen LogP contribution in [0.15, 0.2) is 0 Å². The Balaban J connectivity index is 1.76. The van der Waals surface area contributed by atoms with Crippen molar-refractivity contribution < 1.29 is 4.74 Å². The predicted octanol–water partition coefficient (Wildman–Crippen LogP) is 1.33. The molecule has 16 heavy (non-hydrogen) atoms. The molecule has 0 aromatic carbocycles. The summed E-state index contributed by atoms with van der Waals surface area (Å²) in [6.07, 6.45) is 3.91. The van der Waals surface area contributed by atoms with Crippen molar-refractivity contribution in [2.45, 2.75) is 26.2 Å². The van der Waals surface area contributed by atoms with Gasteiger partial charge in [0.1, 0.15) is 0 Å². The predicted molar refractivity (Wildman–Crippen MR) is 66.3 cm³/mol. The summed E-state index contributed by atoms with van der Waals surface area (Å²) in [6.45, 7) is 8.82. The molecule has 0 aliphatic carbocycles. The van der Waals surface area contributed by atoms with E-state index in [0.717, 1.165) is 31.6 Å². The molecule has 94 valence electrons. The van der Waals surface area contributed by atoms with Gasteiger partial charge in [0.25, 0.3) is 0 Å². The summed E-state index contributed by atoms with van der Waals surface area (Å²) in [5.41, 5.74) is 5.84. The van der Waals surface area contributed by atoms with Crippen LogP contribution in [0.25, 0.3) is 0 Å². The Kier molecular flexibility index (Phi) is 4.62. The van der Waals surface area contributed by atoms with Crippen molar-refractivity contribution in [3.63, 3.8) is 0 Å². The zero-order valence-electron chi connectivity index (χ0n) is 10.5. The topological polar surface area (TPSA) is 38.5 Å². The highest BCUT2D eigenvalue weighted by atomic mass is 16.5. The maximum Gasteiger partial charge on any atom is 0.0506 e. The molecule has 0 aromatic rings. The molecule has 0 saturated carbocycles. The molecule has 3 atom stereocenters. The van der Waals surface area contributed by atoms with Crippen molar-refractivity contribution in [2.24, 2.45) is 23.5 Å². The molecule has 2 aliphatic heterocycles. The SMILES string of the molecule is CC1CCN(CC2CCCOC2)CC1CN. The van der Waals surface area contributed by atoms with Crippen LogP contribution in [0, 0.1) is 17.8 Å². The number of ether oxygens (including phenoxy) is 1. The molecule has 0 radical (unpaired) electrons. The number of rotatable bonds is 3. The lowest BCUT2D eigenvalue weighted by atomic mass is 9.86. The molecule has 3 unspecified atom stereocenters. The molecule has 2 fully saturated rings. The fourth-order valence-electron chi connectivity index (χ4n) is 3.01. The van der Waals surface area contributed by atoms with Crippen molar-refractivity contribution in [3.05, 3.63) is 0 Å². The molecule has 3 heteroatoms. The van der Waals surface area contributed by atoms with Crippen molar-refractivity contribution in [3.8, 4) is 0 Å². The highest BCUT2D eigenvalue weighted by molar-refractivity contribution is 4.80. The van der Waals surface area contributed by atoms with E-state index in [0.29, 0.717) is 5.92 Å². The molecule has 0 spiro atoms. The molecular formula is C13H26N2O. The van der Waals surface area contributed by atoms with E-state index in [1.807, 2.05) is 0 Å². The third kappa shape index (κ3) is 3.19. The number of likely N-dealkylation sites (tertiary alicyclic amines) is 1. The van der Waals surface area contributed by atoms with Crippen molar-refractivity contribution >= 4 is 0 Å². The Morgan fingerprint density at radius 2 is 2.25 bits per heavy atom. The minimum atomic E-state index is 0.707. The summed E-state index contributed by atoms with van der Waals surface area (Å²) in [5.74, 6) is 2.28. The second kappa shape index (κ2) is 5.99. The lowest BCUT2D eigenvalue weighted by molar-refractivity contribution is 0.0263. The zero-order valence-corrected chi connectivity index (χ0v) is 10.5. The van der Waals surface area contributed by atoms with Gasteiger partial charge in [-0.15, -0.1) is 0 Å². The van der Waals surface area contributed by atoms with Gasteiger partial charge in [-0.1, -0.05) is 6.92 Å². The normalized spacial score (nSPS) is 37.5. The Labute approximate surface area is 99.3 Å². The number of piperidine rings is 1. The minimum absolute atomic E-state index is 0.707. The van der Waals surface area contributed by atoms with E-state index in [-0.39, 0.29) is 0 Å². The molecule has 2 aliphatic rings. The van der Waals surface area contributed by atoms with E-state index in [1.54, 1.807) is 0 Å². The van der Waals surface area contributed by atoms with Crippen LogP contribution in [0.2, 0.25) is 0 Å². The minimum Gasteiger partial charge on any atom is -0.381 e. The van der Waals surface area contributed by atoms with Crippen molar-refractivity contribution in [2.75, 3.05) is 39.4 Å². The standard InChI is InChI=1S/C13H26N2O/c1-11-4-5-15(9-13(11)7-14)8-12-3-2-6-16-10-12/h11-13H,2-10,14H2,1H3. The first kappa shape index (κ1) is 12.3. The molecule has 0 amide bonds. The Hall–Kier alpha value is -0.120. The summed E-state index contributed by atoms with van der Waals surface area (Å²) < 4.78 is 5.55. The van der Waals surface area contributed by atoms with Crippen LogP contribution in [-0.2, 0) is 4.74 Å². The highest BCUT2D eigenvalue weighted by Crippen LogP contribution is 2.24. The first-order valence-corrected chi connectivity index (χ1v) is 6.79.